The summed E-state index contributed by atoms with van der Waals surface area (Å²) in [6.07, 6.45) is 0. The van der Waals surface area contributed by atoms with Crippen LogP contribution in [-0.2, 0) is 19.1 Å². The maximum Gasteiger partial charge on any atom is 0.303 e. The Morgan fingerprint density at radius 2 is 1.32 bits per heavy atom. The number of primary amides is 2. The van der Waals surface area contributed by atoms with Crippen LogP contribution in [0.15, 0.2) is 34.3 Å². The largest absolute Gasteiger partial charge is 0.471 e. The number of hydrogen-bond donors (Lipinski definition) is 2. The van der Waals surface area contributed by atoms with Crippen LogP contribution in [0.5, 0.6) is 0 Å². The quantitative estimate of drug-likeness (QED) is 0.783. The van der Waals surface area contributed by atoms with Crippen molar-refractivity contribution >= 4 is 23.6 Å². The molecule has 2 amide bonds. The number of aliphatic imine (C=N–C) groups is 2. The lowest BCUT2D eigenvalue weighted by atomic mass is 9.96. The zero-order chi connectivity index (χ0) is 15.7. The van der Waals surface area contributed by atoms with Gasteiger partial charge in [0.25, 0.3) is 11.8 Å². The molecule has 4 N–H and O–H groups in total. The molecule has 114 valence electrons. The van der Waals surface area contributed by atoms with Gasteiger partial charge in [0.2, 0.25) is 0 Å². The summed E-state index contributed by atoms with van der Waals surface area (Å²) >= 11 is 0. The van der Waals surface area contributed by atoms with Gasteiger partial charge in [0.15, 0.2) is 0 Å². The molecule has 22 heavy (non-hydrogen) atoms. The third-order valence-electron chi connectivity index (χ3n) is 3.44. The van der Waals surface area contributed by atoms with E-state index in [4.69, 9.17) is 20.9 Å². The zero-order valence-corrected chi connectivity index (χ0v) is 11.6. The Morgan fingerprint density at radius 3 is 1.64 bits per heavy atom. The normalized spacial score (nSPS) is 23.3. The van der Waals surface area contributed by atoms with Gasteiger partial charge < -0.3 is 20.9 Å². The Kier molecular flexibility index (Phi) is 3.50. The highest BCUT2D eigenvalue weighted by Gasteiger charge is 2.30. The SMILES string of the molecule is NC(=O)C1=NC(c2ccccc2C2COC(C(N)=O)=N2)CO1. The van der Waals surface area contributed by atoms with Gasteiger partial charge in [-0.15, -0.1) is 0 Å². The summed E-state index contributed by atoms with van der Waals surface area (Å²) in [6, 6.07) is 6.76. The standard InChI is InChI=1S/C14H14N4O4/c15-11(19)13-17-9(5-21-13)7-3-1-2-4-8(7)10-6-22-14(18-10)12(16)20/h1-4,9-10H,5-6H2,(H2,15,19)(H2,16,20). The predicted molar refractivity (Wildman–Crippen MR) is 77.1 cm³/mol. The molecule has 3 rings (SSSR count). The van der Waals surface area contributed by atoms with E-state index in [-0.39, 0.29) is 37.1 Å². The second-order valence-corrected chi connectivity index (χ2v) is 4.88. The Labute approximate surface area is 125 Å². The minimum Gasteiger partial charge on any atom is -0.471 e. The van der Waals surface area contributed by atoms with Crippen molar-refractivity contribution < 1.29 is 19.1 Å². The van der Waals surface area contributed by atoms with Gasteiger partial charge in [0.05, 0.1) is 0 Å². The predicted octanol–water partition coefficient (Wildman–Crippen LogP) is -0.403. The first-order valence-electron chi connectivity index (χ1n) is 6.66. The van der Waals surface area contributed by atoms with Crippen LogP contribution in [0.1, 0.15) is 23.2 Å². The van der Waals surface area contributed by atoms with Gasteiger partial charge in [-0.2, -0.15) is 0 Å². The number of carbonyl (C=O) groups excluding carboxylic acids is 2. The maximum atomic E-state index is 11.1. The number of hydrogen-bond acceptors (Lipinski definition) is 6. The first-order chi connectivity index (χ1) is 10.6. The van der Waals surface area contributed by atoms with E-state index in [0.29, 0.717) is 0 Å². The van der Waals surface area contributed by atoms with Crippen molar-refractivity contribution in [2.24, 2.45) is 21.5 Å². The number of amides is 2. The monoisotopic (exact) mass is 302 g/mol. The van der Waals surface area contributed by atoms with Crippen molar-refractivity contribution in [3.8, 4) is 0 Å². The lowest BCUT2D eigenvalue weighted by Gasteiger charge is -2.14. The van der Waals surface area contributed by atoms with Gasteiger partial charge in [0, 0.05) is 0 Å². The van der Waals surface area contributed by atoms with Crippen LogP contribution in [-0.4, -0.2) is 36.8 Å². The van der Waals surface area contributed by atoms with Crippen molar-refractivity contribution in [1.82, 2.24) is 0 Å². The van der Waals surface area contributed by atoms with Crippen LogP contribution < -0.4 is 11.5 Å². The molecule has 0 aliphatic carbocycles. The minimum absolute atomic E-state index is 0.0798. The van der Waals surface area contributed by atoms with E-state index in [1.165, 1.54) is 0 Å². The number of benzene rings is 1. The van der Waals surface area contributed by atoms with Crippen molar-refractivity contribution in [1.29, 1.82) is 0 Å². The van der Waals surface area contributed by atoms with Crippen LogP contribution in [0.4, 0.5) is 0 Å². The molecule has 2 atom stereocenters. The van der Waals surface area contributed by atoms with E-state index in [1.54, 1.807) is 0 Å². The molecule has 0 fully saturated rings. The maximum absolute atomic E-state index is 11.1. The van der Waals surface area contributed by atoms with Gasteiger partial charge in [-0.25, -0.2) is 9.98 Å². The second-order valence-electron chi connectivity index (χ2n) is 4.88. The van der Waals surface area contributed by atoms with E-state index >= 15 is 0 Å². The molecule has 0 saturated heterocycles. The molecular formula is C14H14N4O4. The van der Waals surface area contributed by atoms with Gasteiger partial charge in [-0.3, -0.25) is 9.59 Å². The average Bonchev–Trinajstić information content (AvgIpc) is 3.17. The fourth-order valence-electron chi connectivity index (χ4n) is 2.45. The molecule has 1 aromatic carbocycles. The third kappa shape index (κ3) is 2.50. The van der Waals surface area contributed by atoms with Crippen molar-refractivity contribution in [2.45, 2.75) is 12.1 Å². The summed E-state index contributed by atoms with van der Waals surface area (Å²) < 4.78 is 10.4. The molecule has 2 unspecified atom stereocenters. The van der Waals surface area contributed by atoms with Crippen LogP contribution in [0, 0.1) is 0 Å². The lowest BCUT2D eigenvalue weighted by molar-refractivity contribution is -0.113. The molecule has 2 aliphatic heterocycles. The number of rotatable bonds is 4. The number of nitrogens with two attached hydrogens (primary N) is 2. The molecule has 8 heteroatoms. The van der Waals surface area contributed by atoms with Crippen LogP contribution >= 0.6 is 0 Å². The topological polar surface area (TPSA) is 129 Å². The summed E-state index contributed by atoms with van der Waals surface area (Å²) in [5.41, 5.74) is 12.0. The molecule has 2 aliphatic rings. The van der Waals surface area contributed by atoms with E-state index in [2.05, 4.69) is 9.98 Å². The Bertz CT molecular complexity index is 639. The molecular weight excluding hydrogens is 288 g/mol. The summed E-state index contributed by atoms with van der Waals surface area (Å²) in [4.78, 5) is 30.6. The fourth-order valence-corrected chi connectivity index (χ4v) is 2.45. The molecule has 0 bridgehead atoms. The number of nitrogens with zero attached hydrogens (tertiary/aromatic N) is 2. The van der Waals surface area contributed by atoms with Gasteiger partial charge in [-0.05, 0) is 11.1 Å². The summed E-state index contributed by atoms with van der Waals surface area (Å²) in [7, 11) is 0. The van der Waals surface area contributed by atoms with E-state index in [0.717, 1.165) is 11.1 Å². The van der Waals surface area contributed by atoms with E-state index < -0.39 is 11.8 Å². The molecule has 2 heterocycles. The summed E-state index contributed by atoms with van der Waals surface area (Å²) in [5.74, 6) is -1.55. The highest BCUT2D eigenvalue weighted by atomic mass is 16.5. The van der Waals surface area contributed by atoms with Crippen molar-refractivity contribution in [3.63, 3.8) is 0 Å². The number of ether oxygens (including phenoxy) is 2. The first-order valence-corrected chi connectivity index (χ1v) is 6.66. The van der Waals surface area contributed by atoms with Crippen molar-refractivity contribution in [3.05, 3.63) is 35.4 Å². The van der Waals surface area contributed by atoms with Gasteiger partial charge >= 0.3 is 11.8 Å². The third-order valence-corrected chi connectivity index (χ3v) is 3.44. The molecule has 0 spiro atoms. The van der Waals surface area contributed by atoms with E-state index in [9.17, 15) is 9.59 Å². The molecule has 1 aromatic rings. The molecule has 8 nitrogen and oxygen atoms in total. The lowest BCUT2D eigenvalue weighted by Crippen LogP contribution is -2.23. The molecule has 0 radical (unpaired) electrons. The Morgan fingerprint density at radius 1 is 0.909 bits per heavy atom. The van der Waals surface area contributed by atoms with Crippen LogP contribution in [0.25, 0.3) is 0 Å². The second kappa shape index (κ2) is 5.47. The highest BCUT2D eigenvalue weighted by Crippen LogP contribution is 2.33. The number of carbonyl (C=O) groups is 2. The first kappa shape index (κ1) is 14.1. The van der Waals surface area contributed by atoms with Crippen LogP contribution in [0.2, 0.25) is 0 Å². The van der Waals surface area contributed by atoms with Crippen molar-refractivity contribution in [2.75, 3.05) is 13.2 Å². The van der Waals surface area contributed by atoms with E-state index in [1.807, 2.05) is 24.3 Å². The zero-order valence-electron chi connectivity index (χ0n) is 11.6. The fraction of sp³-hybridized carbons (Fsp3) is 0.286. The van der Waals surface area contributed by atoms with Gasteiger partial charge in [-0.1, -0.05) is 24.3 Å². The summed E-state index contributed by atoms with van der Waals surface area (Å²) in [6.45, 7) is 0.463. The highest BCUT2D eigenvalue weighted by molar-refractivity contribution is 6.35. The minimum atomic E-state index is -0.696. The smallest absolute Gasteiger partial charge is 0.303 e. The van der Waals surface area contributed by atoms with Crippen LogP contribution in [0.3, 0.4) is 0 Å². The molecule has 0 saturated carbocycles. The Balaban J connectivity index is 1.92. The summed E-state index contributed by atoms with van der Waals surface area (Å²) in [5, 5.41) is 0. The van der Waals surface area contributed by atoms with Gasteiger partial charge in [0.1, 0.15) is 25.3 Å². The molecule has 0 aromatic heterocycles. The average molecular weight is 302 g/mol. The Hall–Kier alpha value is -2.90.